The van der Waals surface area contributed by atoms with E-state index in [0.717, 1.165) is 38.7 Å². The molecule has 0 saturated heterocycles. The van der Waals surface area contributed by atoms with Gasteiger partial charge in [0, 0.05) is 17.7 Å². The van der Waals surface area contributed by atoms with Gasteiger partial charge in [0.15, 0.2) is 5.16 Å². The first-order chi connectivity index (χ1) is 12.5. The van der Waals surface area contributed by atoms with Crippen molar-refractivity contribution < 1.29 is 4.74 Å². The minimum Gasteiger partial charge on any atom is -0.384 e. The molecule has 0 saturated carbocycles. The highest BCUT2D eigenvalue weighted by Gasteiger charge is 2.17. The zero-order chi connectivity index (χ0) is 18.7. The third-order valence-corrected chi connectivity index (χ3v) is 6.69. The Kier molecular flexibility index (Phi) is 6.16. The zero-order valence-electron chi connectivity index (χ0n) is 15.7. The Morgan fingerprint density at radius 3 is 2.62 bits per heavy atom. The van der Waals surface area contributed by atoms with Crippen LogP contribution in [0.4, 0.5) is 0 Å². The fourth-order valence-electron chi connectivity index (χ4n) is 2.92. The van der Waals surface area contributed by atoms with E-state index in [1.54, 1.807) is 30.2 Å². The Morgan fingerprint density at radius 2 is 1.96 bits per heavy atom. The van der Waals surface area contributed by atoms with Gasteiger partial charge in [-0.05, 0) is 31.4 Å². The maximum Gasteiger partial charge on any atom is 0.263 e. The second-order valence-electron chi connectivity index (χ2n) is 6.30. The number of thioether (sulfide) groups is 1. The van der Waals surface area contributed by atoms with E-state index in [-0.39, 0.29) is 5.56 Å². The van der Waals surface area contributed by atoms with E-state index in [4.69, 9.17) is 9.72 Å². The molecule has 26 heavy (non-hydrogen) atoms. The number of thiophene rings is 1. The van der Waals surface area contributed by atoms with E-state index < -0.39 is 0 Å². The molecule has 4 nitrogen and oxygen atoms in total. The summed E-state index contributed by atoms with van der Waals surface area (Å²) in [5, 5.41) is 1.54. The van der Waals surface area contributed by atoms with E-state index in [1.165, 1.54) is 10.4 Å². The number of rotatable bonds is 7. The maximum absolute atomic E-state index is 13.3. The van der Waals surface area contributed by atoms with Crippen LogP contribution < -0.4 is 5.56 Å². The number of aryl methyl sites for hydroxylation is 3. The molecule has 3 aromatic rings. The highest BCUT2D eigenvalue weighted by molar-refractivity contribution is 7.99. The Morgan fingerprint density at radius 1 is 1.23 bits per heavy atom. The van der Waals surface area contributed by atoms with Crippen molar-refractivity contribution in [3.63, 3.8) is 0 Å². The van der Waals surface area contributed by atoms with E-state index in [2.05, 4.69) is 38.1 Å². The van der Waals surface area contributed by atoms with Crippen molar-refractivity contribution in [3.05, 3.63) is 56.2 Å². The average Bonchev–Trinajstić information content (AvgIpc) is 2.96. The molecule has 0 atom stereocenters. The standard InChI is InChI=1S/C20H24N2O2S2/c1-5-16-14(3)17-18(26-16)21-20(25-11-10-24-4)22(19(17)23)12-15-8-6-13(2)7-9-15/h6-9H,5,10-12H2,1-4H3. The molecule has 0 amide bonds. The van der Waals surface area contributed by atoms with Crippen molar-refractivity contribution in [1.82, 2.24) is 9.55 Å². The predicted molar refractivity (Wildman–Crippen MR) is 111 cm³/mol. The number of hydrogen-bond acceptors (Lipinski definition) is 5. The Balaban J connectivity index is 2.11. The number of ether oxygens (including phenoxy) is 1. The summed E-state index contributed by atoms with van der Waals surface area (Å²) in [6, 6.07) is 8.31. The molecule has 0 fully saturated rings. The molecule has 6 heteroatoms. The predicted octanol–water partition coefficient (Wildman–Crippen LogP) is 4.42. The lowest BCUT2D eigenvalue weighted by molar-refractivity contribution is 0.218. The number of aromatic nitrogens is 2. The van der Waals surface area contributed by atoms with Crippen molar-refractivity contribution in [3.8, 4) is 0 Å². The molecule has 0 bridgehead atoms. The monoisotopic (exact) mass is 388 g/mol. The number of benzene rings is 1. The van der Waals surface area contributed by atoms with Gasteiger partial charge in [-0.2, -0.15) is 0 Å². The van der Waals surface area contributed by atoms with Crippen LogP contribution in [-0.2, 0) is 17.7 Å². The van der Waals surface area contributed by atoms with Crippen molar-refractivity contribution >= 4 is 33.3 Å². The minimum absolute atomic E-state index is 0.0592. The summed E-state index contributed by atoms with van der Waals surface area (Å²) >= 11 is 3.22. The molecule has 0 radical (unpaired) electrons. The summed E-state index contributed by atoms with van der Waals surface area (Å²) in [4.78, 5) is 20.2. The molecule has 0 unspecified atom stereocenters. The Hall–Kier alpha value is -1.63. The molecule has 2 heterocycles. The van der Waals surface area contributed by atoms with Gasteiger partial charge in [0.25, 0.3) is 5.56 Å². The molecule has 3 rings (SSSR count). The van der Waals surface area contributed by atoms with Gasteiger partial charge in [0.1, 0.15) is 4.83 Å². The van der Waals surface area contributed by atoms with Crippen LogP contribution in [0.1, 0.15) is 28.5 Å². The van der Waals surface area contributed by atoms with Crippen molar-refractivity contribution in [2.24, 2.45) is 0 Å². The second-order valence-corrected chi connectivity index (χ2v) is 8.44. The normalized spacial score (nSPS) is 11.4. The second kappa shape index (κ2) is 8.37. The largest absolute Gasteiger partial charge is 0.384 e. The van der Waals surface area contributed by atoms with Crippen molar-refractivity contribution in [2.75, 3.05) is 19.5 Å². The molecule has 0 aliphatic heterocycles. The number of hydrogen-bond donors (Lipinski definition) is 0. The zero-order valence-corrected chi connectivity index (χ0v) is 17.3. The number of fused-ring (bicyclic) bond motifs is 1. The van der Waals surface area contributed by atoms with Gasteiger partial charge in [-0.1, -0.05) is 48.5 Å². The molecule has 0 N–H and O–H groups in total. The van der Waals surface area contributed by atoms with E-state index in [1.807, 2.05) is 11.5 Å². The smallest absolute Gasteiger partial charge is 0.263 e. The average molecular weight is 389 g/mol. The lowest BCUT2D eigenvalue weighted by Crippen LogP contribution is -2.24. The van der Waals surface area contributed by atoms with Crippen molar-refractivity contribution in [1.29, 1.82) is 0 Å². The summed E-state index contributed by atoms with van der Waals surface area (Å²) in [5.41, 5.74) is 3.46. The third-order valence-electron chi connectivity index (χ3n) is 4.42. The van der Waals surface area contributed by atoms with Crippen molar-refractivity contribution in [2.45, 2.75) is 38.9 Å². The minimum atomic E-state index is 0.0592. The molecule has 0 aliphatic carbocycles. The first kappa shape index (κ1) is 19.1. The van der Waals surface area contributed by atoms with E-state index in [0.29, 0.717) is 13.2 Å². The van der Waals surface area contributed by atoms with Crippen LogP contribution >= 0.6 is 23.1 Å². The van der Waals surface area contributed by atoms with Gasteiger partial charge in [0.05, 0.1) is 18.5 Å². The first-order valence-corrected chi connectivity index (χ1v) is 10.6. The van der Waals surface area contributed by atoms with Gasteiger partial charge in [0.2, 0.25) is 0 Å². The van der Waals surface area contributed by atoms with Crippen LogP contribution in [0.15, 0.2) is 34.2 Å². The highest BCUT2D eigenvalue weighted by Crippen LogP contribution is 2.29. The van der Waals surface area contributed by atoms with Crippen LogP contribution in [0.25, 0.3) is 10.2 Å². The van der Waals surface area contributed by atoms with Gasteiger partial charge in [-0.15, -0.1) is 11.3 Å². The molecule has 0 aliphatic rings. The fourth-order valence-corrected chi connectivity index (χ4v) is 4.98. The SMILES string of the molecule is CCc1sc2nc(SCCOC)n(Cc3ccc(C)cc3)c(=O)c2c1C. The lowest BCUT2D eigenvalue weighted by atomic mass is 10.1. The Labute approximate surface area is 162 Å². The third kappa shape index (κ3) is 3.87. The van der Waals surface area contributed by atoms with Crippen LogP contribution in [0.2, 0.25) is 0 Å². The number of nitrogens with zero attached hydrogens (tertiary/aromatic N) is 2. The van der Waals surface area contributed by atoms with Crippen LogP contribution in [0, 0.1) is 13.8 Å². The summed E-state index contributed by atoms with van der Waals surface area (Å²) in [6.07, 6.45) is 0.927. The van der Waals surface area contributed by atoms with Crippen LogP contribution in [0.3, 0.4) is 0 Å². The fraction of sp³-hybridized carbons (Fsp3) is 0.400. The topological polar surface area (TPSA) is 44.1 Å². The van der Waals surface area contributed by atoms with E-state index in [9.17, 15) is 4.79 Å². The molecular weight excluding hydrogens is 364 g/mol. The van der Waals surface area contributed by atoms with Gasteiger partial charge in [-0.25, -0.2) is 4.98 Å². The Bertz CT molecular complexity index is 959. The molecular formula is C20H24N2O2S2. The highest BCUT2D eigenvalue weighted by atomic mass is 32.2. The quantitative estimate of drug-likeness (QED) is 0.341. The van der Waals surface area contributed by atoms with Gasteiger partial charge < -0.3 is 4.74 Å². The molecule has 0 spiro atoms. The van der Waals surface area contributed by atoms with Gasteiger partial charge >= 0.3 is 0 Å². The van der Waals surface area contributed by atoms with Crippen LogP contribution in [0.5, 0.6) is 0 Å². The molecule has 1 aromatic carbocycles. The number of methoxy groups -OCH3 is 1. The summed E-state index contributed by atoms with van der Waals surface area (Å²) < 4.78 is 6.97. The first-order valence-electron chi connectivity index (χ1n) is 8.75. The summed E-state index contributed by atoms with van der Waals surface area (Å²) in [7, 11) is 1.69. The molecule has 138 valence electrons. The maximum atomic E-state index is 13.3. The van der Waals surface area contributed by atoms with Gasteiger partial charge in [-0.3, -0.25) is 9.36 Å². The summed E-state index contributed by atoms with van der Waals surface area (Å²) in [6.45, 7) is 7.39. The lowest BCUT2D eigenvalue weighted by Gasteiger charge is -2.12. The molecule has 2 aromatic heterocycles. The van der Waals surface area contributed by atoms with E-state index >= 15 is 0 Å². The summed E-state index contributed by atoms with van der Waals surface area (Å²) in [5.74, 6) is 0.771. The van der Waals surface area contributed by atoms with Crippen LogP contribution in [-0.4, -0.2) is 29.0 Å².